The van der Waals surface area contributed by atoms with Crippen LogP contribution in [0.25, 0.3) is 11.3 Å². The lowest BCUT2D eigenvalue weighted by atomic mass is 9.99. The molecule has 1 heterocycles. The van der Waals surface area contributed by atoms with Crippen LogP contribution in [0, 0.1) is 6.92 Å². The summed E-state index contributed by atoms with van der Waals surface area (Å²) in [6, 6.07) is 21.3. The van der Waals surface area contributed by atoms with Gasteiger partial charge in [-0.1, -0.05) is 46.3 Å². The molecular weight excluding hydrogens is 402 g/mol. The summed E-state index contributed by atoms with van der Waals surface area (Å²) in [6.07, 6.45) is 0. The molecule has 0 aromatic heterocycles. The molecule has 0 saturated heterocycles. The number of benzene rings is 3. The molecule has 1 amide bonds. The highest BCUT2D eigenvalue weighted by Crippen LogP contribution is 2.38. The summed E-state index contributed by atoms with van der Waals surface area (Å²) in [4.78, 5) is 12.8. The van der Waals surface area contributed by atoms with E-state index < -0.39 is 0 Å². The smallest absolute Gasteiger partial charge is 0.258 e. The predicted molar refractivity (Wildman–Crippen MR) is 115 cm³/mol. The quantitative estimate of drug-likeness (QED) is 0.399. The first-order valence-electron chi connectivity index (χ1n) is 8.57. The zero-order valence-corrected chi connectivity index (χ0v) is 16.3. The number of carbonyl (C=O) groups excluding carboxylic acids is 1. The van der Waals surface area contributed by atoms with Crippen LogP contribution < -0.4 is 16.4 Å². The van der Waals surface area contributed by atoms with Crippen molar-refractivity contribution in [2.75, 3.05) is 16.4 Å². The Morgan fingerprint density at radius 1 is 1.04 bits per heavy atom. The minimum atomic E-state index is -0.142. The van der Waals surface area contributed by atoms with Gasteiger partial charge in [0.25, 0.3) is 5.91 Å². The SMILES string of the molecule is Cc1cc(Br)ccc1NC(=C1C(=O)Nc2ccc(N)cc21)c1ccccc1. The molecule has 0 aliphatic carbocycles. The van der Waals surface area contributed by atoms with Crippen molar-refractivity contribution < 1.29 is 4.79 Å². The average Bonchev–Trinajstić information content (AvgIpc) is 2.97. The molecule has 3 aromatic carbocycles. The number of carbonyl (C=O) groups is 1. The van der Waals surface area contributed by atoms with Crippen molar-refractivity contribution in [2.45, 2.75) is 6.92 Å². The molecule has 1 aliphatic rings. The molecule has 4 N–H and O–H groups in total. The summed E-state index contributed by atoms with van der Waals surface area (Å²) >= 11 is 3.49. The minimum absolute atomic E-state index is 0.142. The highest BCUT2D eigenvalue weighted by molar-refractivity contribution is 9.10. The van der Waals surface area contributed by atoms with Gasteiger partial charge in [-0.15, -0.1) is 0 Å². The summed E-state index contributed by atoms with van der Waals surface area (Å²) < 4.78 is 1.01. The van der Waals surface area contributed by atoms with Gasteiger partial charge in [0.1, 0.15) is 0 Å². The molecule has 4 nitrogen and oxygen atoms in total. The highest BCUT2D eigenvalue weighted by Gasteiger charge is 2.28. The van der Waals surface area contributed by atoms with E-state index in [0.29, 0.717) is 11.3 Å². The first-order chi connectivity index (χ1) is 13.0. The van der Waals surface area contributed by atoms with Crippen molar-refractivity contribution in [3.63, 3.8) is 0 Å². The van der Waals surface area contributed by atoms with E-state index in [-0.39, 0.29) is 5.91 Å². The Morgan fingerprint density at radius 2 is 1.81 bits per heavy atom. The van der Waals surface area contributed by atoms with Crippen molar-refractivity contribution in [1.82, 2.24) is 0 Å². The molecular formula is C22H18BrN3O. The van der Waals surface area contributed by atoms with Crippen LogP contribution in [0.1, 0.15) is 16.7 Å². The first-order valence-corrected chi connectivity index (χ1v) is 9.36. The Kier molecular flexibility index (Phi) is 4.46. The van der Waals surface area contributed by atoms with E-state index in [9.17, 15) is 4.79 Å². The van der Waals surface area contributed by atoms with Crippen LogP contribution in [-0.2, 0) is 4.79 Å². The van der Waals surface area contributed by atoms with E-state index in [1.165, 1.54) is 0 Å². The molecule has 1 aliphatic heterocycles. The number of hydrogen-bond acceptors (Lipinski definition) is 3. The lowest BCUT2D eigenvalue weighted by molar-refractivity contribution is -0.110. The maximum Gasteiger partial charge on any atom is 0.258 e. The lowest BCUT2D eigenvalue weighted by Crippen LogP contribution is -2.10. The van der Waals surface area contributed by atoms with E-state index in [1.807, 2.05) is 67.6 Å². The zero-order chi connectivity index (χ0) is 19.0. The van der Waals surface area contributed by atoms with Gasteiger partial charge in [-0.05, 0) is 54.4 Å². The molecule has 0 spiro atoms. The number of anilines is 3. The zero-order valence-electron chi connectivity index (χ0n) is 14.7. The van der Waals surface area contributed by atoms with Crippen molar-refractivity contribution in [1.29, 1.82) is 0 Å². The Bertz CT molecular complexity index is 1070. The van der Waals surface area contributed by atoms with Crippen molar-refractivity contribution in [3.8, 4) is 0 Å². The number of hydrogen-bond donors (Lipinski definition) is 3. The Hall–Kier alpha value is -3.05. The maximum absolute atomic E-state index is 12.8. The molecule has 0 bridgehead atoms. The molecule has 0 fully saturated rings. The van der Waals surface area contributed by atoms with Gasteiger partial charge in [0.05, 0.1) is 11.3 Å². The molecule has 134 valence electrons. The van der Waals surface area contributed by atoms with Crippen LogP contribution in [0.3, 0.4) is 0 Å². The maximum atomic E-state index is 12.8. The third-order valence-corrected chi connectivity index (χ3v) is 5.04. The van der Waals surface area contributed by atoms with Crippen molar-refractivity contribution >= 4 is 50.2 Å². The van der Waals surface area contributed by atoms with Crippen LogP contribution in [0.2, 0.25) is 0 Å². The fourth-order valence-electron chi connectivity index (χ4n) is 3.22. The lowest BCUT2D eigenvalue weighted by Gasteiger charge is -2.16. The molecule has 0 atom stereocenters. The molecule has 5 heteroatoms. The minimum Gasteiger partial charge on any atom is -0.399 e. The number of halogens is 1. The largest absolute Gasteiger partial charge is 0.399 e. The van der Waals surface area contributed by atoms with Crippen LogP contribution in [0.4, 0.5) is 17.1 Å². The van der Waals surface area contributed by atoms with Crippen molar-refractivity contribution in [3.05, 3.63) is 87.9 Å². The molecule has 0 unspecified atom stereocenters. The number of nitrogen functional groups attached to an aromatic ring is 1. The van der Waals surface area contributed by atoms with Crippen molar-refractivity contribution in [2.24, 2.45) is 0 Å². The highest BCUT2D eigenvalue weighted by atomic mass is 79.9. The second-order valence-electron chi connectivity index (χ2n) is 6.46. The fraction of sp³-hybridized carbons (Fsp3) is 0.0455. The van der Waals surface area contributed by atoms with E-state index in [2.05, 4.69) is 26.6 Å². The summed E-state index contributed by atoms with van der Waals surface area (Å²) in [5, 5.41) is 6.42. The third kappa shape index (κ3) is 3.34. The van der Waals surface area contributed by atoms with Gasteiger partial charge in [-0.3, -0.25) is 4.79 Å². The Labute approximate surface area is 166 Å². The number of nitrogens with two attached hydrogens (primary N) is 1. The van der Waals surface area contributed by atoms with E-state index in [0.717, 1.165) is 38.2 Å². The Morgan fingerprint density at radius 3 is 2.56 bits per heavy atom. The Balaban J connectivity index is 1.93. The number of rotatable bonds is 3. The van der Waals surface area contributed by atoms with Crippen LogP contribution in [0.5, 0.6) is 0 Å². The van der Waals surface area contributed by atoms with Crippen LogP contribution >= 0.6 is 15.9 Å². The van der Waals surface area contributed by atoms with Gasteiger partial charge in [-0.2, -0.15) is 0 Å². The van der Waals surface area contributed by atoms with Crippen LogP contribution in [-0.4, -0.2) is 5.91 Å². The van der Waals surface area contributed by atoms with E-state index in [4.69, 9.17) is 5.73 Å². The summed E-state index contributed by atoms with van der Waals surface area (Å²) in [7, 11) is 0. The first kappa shape index (κ1) is 17.4. The average molecular weight is 420 g/mol. The standard InChI is InChI=1S/C22H18BrN3O/c1-13-11-15(23)7-9-18(13)25-21(14-5-3-2-4-6-14)20-17-12-16(24)8-10-19(17)26-22(20)27/h2-12,25H,24H2,1H3,(H,26,27). The number of fused-ring (bicyclic) bond motifs is 1. The normalized spacial score (nSPS) is 14.5. The van der Waals surface area contributed by atoms with Gasteiger partial charge < -0.3 is 16.4 Å². The third-order valence-electron chi connectivity index (χ3n) is 4.55. The molecule has 27 heavy (non-hydrogen) atoms. The fourth-order valence-corrected chi connectivity index (χ4v) is 3.69. The summed E-state index contributed by atoms with van der Waals surface area (Å²) in [6.45, 7) is 2.03. The monoisotopic (exact) mass is 419 g/mol. The second-order valence-corrected chi connectivity index (χ2v) is 7.38. The van der Waals surface area contributed by atoms with Gasteiger partial charge in [0.15, 0.2) is 0 Å². The molecule has 0 saturated carbocycles. The molecule has 0 radical (unpaired) electrons. The molecule has 3 aromatic rings. The van der Waals surface area contributed by atoms with Gasteiger partial charge in [0, 0.05) is 27.1 Å². The van der Waals surface area contributed by atoms with Gasteiger partial charge in [-0.25, -0.2) is 0 Å². The number of aryl methyl sites for hydroxylation is 1. The van der Waals surface area contributed by atoms with Crippen LogP contribution in [0.15, 0.2) is 71.2 Å². The number of amides is 1. The van der Waals surface area contributed by atoms with E-state index in [1.54, 1.807) is 6.07 Å². The summed E-state index contributed by atoms with van der Waals surface area (Å²) in [5.74, 6) is -0.142. The second kappa shape index (κ2) is 6.93. The number of nitrogens with one attached hydrogen (secondary N) is 2. The summed E-state index contributed by atoms with van der Waals surface area (Å²) in [5.41, 5.74) is 12.5. The molecule has 4 rings (SSSR count). The van der Waals surface area contributed by atoms with Gasteiger partial charge >= 0.3 is 0 Å². The van der Waals surface area contributed by atoms with Gasteiger partial charge in [0.2, 0.25) is 0 Å². The van der Waals surface area contributed by atoms with E-state index >= 15 is 0 Å². The predicted octanol–water partition coefficient (Wildman–Crippen LogP) is 5.27. The topological polar surface area (TPSA) is 67.2 Å².